The molecule has 0 saturated carbocycles. The molecule has 1 heterocycles. The highest BCUT2D eigenvalue weighted by Crippen LogP contribution is 2.39. The number of aryl methyl sites for hydroxylation is 1. The van der Waals surface area contributed by atoms with E-state index in [-0.39, 0.29) is 19.4 Å². The summed E-state index contributed by atoms with van der Waals surface area (Å²) in [6.07, 6.45) is -8.85. The number of benzene rings is 1. The number of rotatable bonds is 1. The molecule has 1 nitrogen and oxygen atoms in total. The Morgan fingerprint density at radius 1 is 1.10 bits per heavy atom. The maximum Gasteiger partial charge on any atom is 0.416 e. The quantitative estimate of drug-likeness (QED) is 0.746. The third-order valence-corrected chi connectivity index (χ3v) is 3.84. The van der Waals surface area contributed by atoms with Crippen LogP contribution in [0.1, 0.15) is 35.6 Å². The van der Waals surface area contributed by atoms with Crippen molar-refractivity contribution in [2.75, 3.05) is 6.54 Å². The van der Waals surface area contributed by atoms with Crippen LogP contribution in [-0.2, 0) is 6.18 Å². The van der Waals surface area contributed by atoms with E-state index < -0.39 is 29.9 Å². The number of hydrogen-bond donors (Lipinski definition) is 1. The van der Waals surface area contributed by atoms with E-state index in [4.69, 9.17) is 0 Å². The molecular weight excluding hydrogens is 296 g/mol. The van der Waals surface area contributed by atoms with Crippen molar-refractivity contribution in [3.8, 4) is 0 Å². The van der Waals surface area contributed by atoms with E-state index in [9.17, 15) is 26.3 Å². The summed E-state index contributed by atoms with van der Waals surface area (Å²) in [6.45, 7) is 1.69. The average Bonchev–Trinajstić information content (AvgIpc) is 2.36. The van der Waals surface area contributed by atoms with Gasteiger partial charge in [-0.05, 0) is 49.6 Å². The Balaban J connectivity index is 2.22. The van der Waals surface area contributed by atoms with Crippen molar-refractivity contribution in [3.05, 3.63) is 34.9 Å². The van der Waals surface area contributed by atoms with Crippen molar-refractivity contribution in [1.82, 2.24) is 5.32 Å². The highest BCUT2D eigenvalue weighted by atomic mass is 19.4. The minimum Gasteiger partial charge on any atom is -0.310 e. The molecule has 0 amide bonds. The largest absolute Gasteiger partial charge is 0.416 e. The molecule has 118 valence electrons. The Kier molecular flexibility index (Phi) is 4.24. The lowest BCUT2D eigenvalue weighted by Gasteiger charge is -2.32. The number of nitrogens with one attached hydrogen (secondary N) is 1. The molecule has 2 atom stereocenters. The molecule has 1 saturated heterocycles. The van der Waals surface area contributed by atoms with E-state index in [1.807, 2.05) is 0 Å². The smallest absolute Gasteiger partial charge is 0.310 e. The molecule has 21 heavy (non-hydrogen) atoms. The normalized spacial score (nSPS) is 24.1. The van der Waals surface area contributed by atoms with Gasteiger partial charge in [0.2, 0.25) is 0 Å². The summed E-state index contributed by atoms with van der Waals surface area (Å²) in [5.74, 6) is -1.41. The van der Waals surface area contributed by atoms with Gasteiger partial charge in [-0.3, -0.25) is 0 Å². The summed E-state index contributed by atoms with van der Waals surface area (Å²) >= 11 is 0. The first kappa shape index (κ1) is 16.1. The van der Waals surface area contributed by atoms with Gasteiger partial charge in [0.15, 0.2) is 0 Å². The summed E-state index contributed by atoms with van der Waals surface area (Å²) in [5, 5.41) is 2.96. The second-order valence-corrected chi connectivity index (χ2v) is 5.34. The molecule has 7 heteroatoms. The van der Waals surface area contributed by atoms with E-state index in [0.717, 1.165) is 12.1 Å². The zero-order chi connectivity index (χ0) is 15.8. The molecule has 2 unspecified atom stereocenters. The molecular formula is C14H15F6N. The lowest BCUT2D eigenvalue weighted by Crippen LogP contribution is -2.38. The maximum atomic E-state index is 12.8. The molecule has 0 spiro atoms. The van der Waals surface area contributed by atoms with Crippen LogP contribution in [0.15, 0.2) is 18.2 Å². The summed E-state index contributed by atoms with van der Waals surface area (Å²) in [6, 6.07) is 2.61. The van der Waals surface area contributed by atoms with E-state index in [1.54, 1.807) is 0 Å². The van der Waals surface area contributed by atoms with E-state index in [2.05, 4.69) is 5.32 Å². The van der Waals surface area contributed by atoms with Gasteiger partial charge in [-0.25, -0.2) is 0 Å². The van der Waals surface area contributed by atoms with Gasteiger partial charge >= 0.3 is 12.4 Å². The van der Waals surface area contributed by atoms with Crippen molar-refractivity contribution >= 4 is 0 Å². The Labute approximate surface area is 118 Å². The molecule has 0 aliphatic carbocycles. The van der Waals surface area contributed by atoms with Crippen LogP contribution in [0.4, 0.5) is 26.3 Å². The van der Waals surface area contributed by atoms with Crippen LogP contribution in [0.5, 0.6) is 0 Å². The van der Waals surface area contributed by atoms with Crippen molar-refractivity contribution in [2.45, 2.75) is 38.2 Å². The fraction of sp³-hybridized carbons (Fsp3) is 0.571. The fourth-order valence-corrected chi connectivity index (χ4v) is 2.69. The molecule has 1 N–H and O–H groups in total. The molecule has 1 aliphatic rings. The van der Waals surface area contributed by atoms with Crippen molar-refractivity contribution < 1.29 is 26.3 Å². The van der Waals surface area contributed by atoms with Crippen molar-refractivity contribution in [1.29, 1.82) is 0 Å². The van der Waals surface area contributed by atoms with E-state index in [0.29, 0.717) is 11.1 Å². The average molecular weight is 311 g/mol. The summed E-state index contributed by atoms with van der Waals surface area (Å²) in [5.41, 5.74) is 0.0639. The fourth-order valence-electron chi connectivity index (χ4n) is 2.69. The second kappa shape index (κ2) is 5.51. The predicted octanol–water partition coefficient (Wildman–Crippen LogP) is 4.62. The van der Waals surface area contributed by atoms with Gasteiger partial charge in [0.25, 0.3) is 0 Å². The van der Waals surface area contributed by atoms with E-state index >= 15 is 0 Å². The van der Waals surface area contributed by atoms with Gasteiger partial charge in [0, 0.05) is 6.04 Å². The molecule has 0 bridgehead atoms. The molecule has 0 aromatic heterocycles. The number of hydrogen-bond acceptors (Lipinski definition) is 1. The molecule has 1 aromatic carbocycles. The van der Waals surface area contributed by atoms with Gasteiger partial charge in [0.05, 0.1) is 11.5 Å². The third kappa shape index (κ3) is 3.70. The Bertz CT molecular complexity index is 505. The summed E-state index contributed by atoms with van der Waals surface area (Å²) in [7, 11) is 0. The lowest BCUT2D eigenvalue weighted by molar-refractivity contribution is -0.183. The molecule has 1 fully saturated rings. The number of piperidine rings is 1. The standard InChI is InChI=1S/C14H15F6N/c1-8-6-9(13(15,16)17)2-3-11(8)12-7-10(4-5-21-12)14(18,19)20/h2-3,6,10,12,21H,4-5,7H2,1H3. The van der Waals surface area contributed by atoms with Crippen LogP contribution in [0.2, 0.25) is 0 Å². The van der Waals surface area contributed by atoms with Crippen LogP contribution in [0.25, 0.3) is 0 Å². The van der Waals surface area contributed by atoms with Gasteiger partial charge in [-0.15, -0.1) is 0 Å². The van der Waals surface area contributed by atoms with Gasteiger partial charge in [-0.1, -0.05) is 6.07 Å². The minimum atomic E-state index is -4.45. The third-order valence-electron chi connectivity index (χ3n) is 3.84. The Morgan fingerprint density at radius 2 is 1.76 bits per heavy atom. The van der Waals surface area contributed by atoms with Crippen molar-refractivity contribution in [2.24, 2.45) is 5.92 Å². The maximum absolute atomic E-state index is 12.8. The molecule has 2 rings (SSSR count). The molecule has 1 aliphatic heterocycles. The molecule has 0 radical (unpaired) electrons. The highest BCUT2D eigenvalue weighted by Gasteiger charge is 2.42. The first-order valence-corrected chi connectivity index (χ1v) is 6.57. The van der Waals surface area contributed by atoms with Crippen LogP contribution in [0.3, 0.4) is 0 Å². The number of alkyl halides is 6. The molecule has 1 aromatic rings. The van der Waals surface area contributed by atoms with Crippen LogP contribution in [0, 0.1) is 12.8 Å². The Hall–Kier alpha value is -1.24. The zero-order valence-electron chi connectivity index (χ0n) is 11.3. The summed E-state index contributed by atoms with van der Waals surface area (Å²) < 4.78 is 76.1. The van der Waals surface area contributed by atoms with Crippen LogP contribution >= 0.6 is 0 Å². The predicted molar refractivity (Wildman–Crippen MR) is 65.7 cm³/mol. The topological polar surface area (TPSA) is 12.0 Å². The highest BCUT2D eigenvalue weighted by molar-refractivity contribution is 5.35. The van der Waals surface area contributed by atoms with Gasteiger partial charge < -0.3 is 5.32 Å². The lowest BCUT2D eigenvalue weighted by atomic mass is 9.86. The van der Waals surface area contributed by atoms with Gasteiger partial charge in [-0.2, -0.15) is 26.3 Å². The monoisotopic (exact) mass is 311 g/mol. The number of halogens is 6. The van der Waals surface area contributed by atoms with Crippen molar-refractivity contribution in [3.63, 3.8) is 0 Å². The summed E-state index contributed by atoms with van der Waals surface area (Å²) in [4.78, 5) is 0. The van der Waals surface area contributed by atoms with Gasteiger partial charge in [0.1, 0.15) is 0 Å². The van der Waals surface area contributed by atoms with E-state index in [1.165, 1.54) is 13.0 Å². The van der Waals surface area contributed by atoms with Crippen LogP contribution < -0.4 is 5.32 Å². The first-order chi connectivity index (χ1) is 9.59. The SMILES string of the molecule is Cc1cc(C(F)(F)F)ccc1C1CC(C(F)(F)F)CCN1. The zero-order valence-corrected chi connectivity index (χ0v) is 11.3. The Morgan fingerprint density at radius 3 is 2.29 bits per heavy atom. The first-order valence-electron chi connectivity index (χ1n) is 6.57. The second-order valence-electron chi connectivity index (χ2n) is 5.34. The van der Waals surface area contributed by atoms with Crippen LogP contribution in [-0.4, -0.2) is 12.7 Å². The minimum absolute atomic E-state index is 0.000315.